The fourth-order valence-electron chi connectivity index (χ4n) is 2.66. The van der Waals surface area contributed by atoms with Crippen LogP contribution in [0.5, 0.6) is 11.5 Å². The molecular weight excluding hydrogens is 364 g/mol. The minimum absolute atomic E-state index is 0.212. The average molecular weight is 384 g/mol. The number of carboxylic acids is 1. The second-order valence-electron chi connectivity index (χ2n) is 7.14. The number of rotatable bonds is 3. The van der Waals surface area contributed by atoms with Crippen molar-refractivity contribution in [1.29, 1.82) is 0 Å². The van der Waals surface area contributed by atoms with Crippen molar-refractivity contribution >= 4 is 29.3 Å². The smallest absolute Gasteiger partial charge is 0.419 e. The maximum Gasteiger partial charge on any atom is 0.419 e. The first-order valence-electron chi connectivity index (χ1n) is 8.60. The number of anilines is 2. The summed E-state index contributed by atoms with van der Waals surface area (Å²) in [7, 11) is 0. The number of carbonyl (C=O) groups is 3. The second-order valence-corrected chi connectivity index (χ2v) is 7.14. The maximum absolute atomic E-state index is 12.8. The van der Waals surface area contributed by atoms with Crippen molar-refractivity contribution in [2.24, 2.45) is 0 Å². The number of nitrogens with zero attached hydrogens (tertiary/aromatic N) is 1. The molecule has 146 valence electrons. The summed E-state index contributed by atoms with van der Waals surface area (Å²) in [5.41, 5.74) is 0.458. The van der Waals surface area contributed by atoms with Crippen LogP contribution >= 0.6 is 0 Å². The minimum atomic E-state index is -1.15. The lowest BCUT2D eigenvalue weighted by atomic mass is 10.1. The predicted octanol–water partition coefficient (Wildman–Crippen LogP) is 3.68. The average Bonchev–Trinajstić information content (AvgIpc) is 2.62. The Morgan fingerprint density at radius 1 is 1.07 bits per heavy atom. The Hall–Kier alpha value is -3.55. The van der Waals surface area contributed by atoms with E-state index >= 15 is 0 Å². The summed E-state index contributed by atoms with van der Waals surface area (Å²) >= 11 is 0. The number of benzene rings is 2. The van der Waals surface area contributed by atoms with E-state index in [1.807, 2.05) is 0 Å². The van der Waals surface area contributed by atoms with Gasteiger partial charge in [0.25, 0.3) is 5.91 Å². The van der Waals surface area contributed by atoms with Gasteiger partial charge in [0.05, 0.1) is 11.4 Å². The molecule has 2 aromatic rings. The Morgan fingerprint density at radius 2 is 1.75 bits per heavy atom. The third-order valence-electron chi connectivity index (χ3n) is 3.77. The molecule has 0 radical (unpaired) electrons. The summed E-state index contributed by atoms with van der Waals surface area (Å²) in [5, 5.41) is 11.0. The van der Waals surface area contributed by atoms with Crippen LogP contribution in [0.25, 0.3) is 0 Å². The molecule has 2 N–H and O–H groups in total. The van der Waals surface area contributed by atoms with Gasteiger partial charge in [-0.3, -0.25) is 9.59 Å². The molecule has 0 unspecified atom stereocenters. The molecule has 1 heterocycles. The van der Waals surface area contributed by atoms with Crippen molar-refractivity contribution in [3.05, 3.63) is 48.0 Å². The van der Waals surface area contributed by atoms with Crippen molar-refractivity contribution in [3.63, 3.8) is 0 Å². The van der Waals surface area contributed by atoms with Gasteiger partial charge in [-0.15, -0.1) is 0 Å². The minimum Gasteiger partial charge on any atom is -0.480 e. The Balaban J connectivity index is 1.99. The summed E-state index contributed by atoms with van der Waals surface area (Å²) in [4.78, 5) is 37.0. The van der Waals surface area contributed by atoms with Crippen molar-refractivity contribution in [2.45, 2.75) is 26.4 Å². The van der Waals surface area contributed by atoms with Gasteiger partial charge in [-0.1, -0.05) is 12.1 Å². The Labute approximate surface area is 161 Å². The zero-order chi connectivity index (χ0) is 20.5. The van der Waals surface area contributed by atoms with E-state index in [9.17, 15) is 14.4 Å². The largest absolute Gasteiger partial charge is 0.480 e. The lowest BCUT2D eigenvalue weighted by molar-refractivity contribution is -0.135. The number of hydrogen-bond donors (Lipinski definition) is 2. The number of hydrogen-bond acceptors (Lipinski definition) is 5. The van der Waals surface area contributed by atoms with Gasteiger partial charge in [-0.05, 0) is 51.1 Å². The number of aliphatic carboxylic acids is 1. The second kappa shape index (κ2) is 7.22. The number of carbonyl (C=O) groups excluding carboxylic acids is 2. The number of para-hydroxylation sites is 2. The quantitative estimate of drug-likeness (QED) is 0.836. The van der Waals surface area contributed by atoms with Gasteiger partial charge in [0, 0.05) is 5.56 Å². The van der Waals surface area contributed by atoms with E-state index in [0.29, 0.717) is 17.1 Å². The zero-order valence-electron chi connectivity index (χ0n) is 15.7. The van der Waals surface area contributed by atoms with E-state index in [4.69, 9.17) is 14.6 Å². The van der Waals surface area contributed by atoms with Crippen LogP contribution in [-0.2, 0) is 9.53 Å². The summed E-state index contributed by atoms with van der Waals surface area (Å²) < 4.78 is 11.4. The fourth-order valence-corrected chi connectivity index (χ4v) is 2.66. The monoisotopic (exact) mass is 384 g/mol. The van der Waals surface area contributed by atoms with Crippen molar-refractivity contribution in [2.75, 3.05) is 11.4 Å². The van der Waals surface area contributed by atoms with Crippen LogP contribution in [0.3, 0.4) is 0 Å². The highest BCUT2D eigenvalue weighted by molar-refractivity contribution is 6.03. The predicted molar refractivity (Wildman–Crippen MR) is 101 cm³/mol. The highest BCUT2D eigenvalue weighted by atomic mass is 16.6. The number of carboxylic acid groups (broad SMARTS) is 1. The molecule has 8 heteroatoms. The van der Waals surface area contributed by atoms with Gasteiger partial charge in [0.2, 0.25) is 0 Å². The number of fused-ring (bicyclic) bond motifs is 2. The third-order valence-corrected chi connectivity index (χ3v) is 3.77. The molecule has 0 fully saturated rings. The molecule has 1 aliphatic rings. The summed E-state index contributed by atoms with van der Waals surface area (Å²) in [6, 6.07) is 11.5. The van der Waals surface area contributed by atoms with Gasteiger partial charge in [0.1, 0.15) is 12.1 Å². The van der Waals surface area contributed by atoms with Crippen LogP contribution in [0.15, 0.2) is 42.5 Å². The van der Waals surface area contributed by atoms with E-state index in [0.717, 1.165) is 0 Å². The Bertz CT molecular complexity index is 948. The molecule has 0 aliphatic carbocycles. The standard InChI is InChI=1S/C20H20N2O6/c1-20(2,3)28-19(26)22-13-6-4-5-7-15(13)27-16-10-12(8-9-14(16)22)18(25)21-11-17(23)24/h4-10H,11H2,1-3H3,(H,21,25)(H,23,24). The van der Waals surface area contributed by atoms with Crippen LogP contribution < -0.4 is 15.0 Å². The fraction of sp³-hybridized carbons (Fsp3) is 0.250. The van der Waals surface area contributed by atoms with E-state index in [-0.39, 0.29) is 11.3 Å². The van der Waals surface area contributed by atoms with Gasteiger partial charge >= 0.3 is 12.1 Å². The van der Waals surface area contributed by atoms with Crippen LogP contribution in [-0.4, -0.2) is 35.2 Å². The van der Waals surface area contributed by atoms with Crippen LogP contribution in [0.2, 0.25) is 0 Å². The van der Waals surface area contributed by atoms with Crippen LogP contribution in [0.4, 0.5) is 16.2 Å². The van der Waals surface area contributed by atoms with E-state index in [2.05, 4.69) is 5.32 Å². The molecule has 0 bridgehead atoms. The third kappa shape index (κ3) is 4.06. The lowest BCUT2D eigenvalue weighted by Gasteiger charge is -2.32. The molecule has 0 atom stereocenters. The molecule has 28 heavy (non-hydrogen) atoms. The highest BCUT2D eigenvalue weighted by Crippen LogP contribution is 2.47. The molecule has 3 rings (SSSR count). The molecule has 2 aromatic carbocycles. The number of amides is 2. The van der Waals surface area contributed by atoms with Gasteiger partial charge in [-0.2, -0.15) is 0 Å². The summed E-state index contributed by atoms with van der Waals surface area (Å²) in [5.74, 6) is -0.986. The Morgan fingerprint density at radius 3 is 2.43 bits per heavy atom. The Kier molecular flexibility index (Phi) is 4.96. The number of ether oxygens (including phenoxy) is 2. The van der Waals surface area contributed by atoms with E-state index in [1.54, 1.807) is 51.1 Å². The molecule has 0 saturated carbocycles. The van der Waals surface area contributed by atoms with Gasteiger partial charge < -0.3 is 19.9 Å². The lowest BCUT2D eigenvalue weighted by Crippen LogP contribution is -2.35. The van der Waals surface area contributed by atoms with E-state index < -0.39 is 30.1 Å². The maximum atomic E-state index is 12.8. The van der Waals surface area contributed by atoms with Crippen molar-refractivity contribution in [1.82, 2.24) is 5.32 Å². The van der Waals surface area contributed by atoms with Crippen molar-refractivity contribution < 1.29 is 29.0 Å². The normalized spacial score (nSPS) is 12.3. The first-order valence-corrected chi connectivity index (χ1v) is 8.60. The SMILES string of the molecule is CC(C)(C)OC(=O)N1c2ccccc2Oc2cc(C(=O)NCC(=O)O)ccc21. The first-order chi connectivity index (χ1) is 13.2. The molecule has 0 spiro atoms. The van der Waals surface area contributed by atoms with E-state index in [1.165, 1.54) is 17.0 Å². The zero-order valence-corrected chi connectivity index (χ0v) is 15.7. The topological polar surface area (TPSA) is 105 Å². The summed E-state index contributed by atoms with van der Waals surface area (Å²) in [6.45, 7) is 4.82. The summed E-state index contributed by atoms with van der Waals surface area (Å²) in [6.07, 6.45) is -0.576. The van der Waals surface area contributed by atoms with Crippen LogP contribution in [0, 0.1) is 0 Å². The number of nitrogens with one attached hydrogen (secondary N) is 1. The molecular formula is C20H20N2O6. The van der Waals surface area contributed by atoms with Crippen LogP contribution in [0.1, 0.15) is 31.1 Å². The molecule has 0 aromatic heterocycles. The molecule has 8 nitrogen and oxygen atoms in total. The van der Waals surface area contributed by atoms with Gasteiger partial charge in [0.15, 0.2) is 11.5 Å². The first kappa shape index (κ1) is 19.2. The van der Waals surface area contributed by atoms with Gasteiger partial charge in [-0.25, -0.2) is 9.69 Å². The molecule has 0 saturated heterocycles. The van der Waals surface area contributed by atoms with Crippen molar-refractivity contribution in [3.8, 4) is 11.5 Å². The molecule has 2 amide bonds. The molecule has 1 aliphatic heterocycles. The highest BCUT2D eigenvalue weighted by Gasteiger charge is 2.33.